The van der Waals surface area contributed by atoms with Crippen molar-refractivity contribution in [2.24, 2.45) is 0 Å². The number of sulfonamides is 1. The number of hydrogen-bond donors (Lipinski definition) is 3. The summed E-state index contributed by atoms with van der Waals surface area (Å²) in [6, 6.07) is 9.62. The Balaban J connectivity index is 1.77. The van der Waals surface area contributed by atoms with E-state index in [9.17, 15) is 21.6 Å². The van der Waals surface area contributed by atoms with Crippen molar-refractivity contribution in [2.75, 3.05) is 13.2 Å². The lowest BCUT2D eigenvalue weighted by molar-refractivity contribution is -0.137. The molecule has 0 aromatic heterocycles. The van der Waals surface area contributed by atoms with Crippen LogP contribution in [-0.4, -0.2) is 38.0 Å². The van der Waals surface area contributed by atoms with Gasteiger partial charge in [0.05, 0.1) is 17.4 Å². The van der Waals surface area contributed by atoms with E-state index >= 15 is 0 Å². The fourth-order valence-corrected chi connectivity index (χ4v) is 4.81. The SMILES string of the molecule is CC(C)S(=O)(=O)N[C@H]1Cc2ccc(Cc3cc(CNCCO)cc(C(F)(F)F)c3)cc2C1. The topological polar surface area (TPSA) is 78.4 Å². The first-order valence-electron chi connectivity index (χ1n) is 10.6. The predicted octanol–water partition coefficient (Wildman–Crippen LogP) is 3.17. The van der Waals surface area contributed by atoms with Crippen LogP contribution in [0.3, 0.4) is 0 Å². The van der Waals surface area contributed by atoms with Gasteiger partial charge in [0.25, 0.3) is 0 Å². The Bertz CT molecular complexity index is 1050. The molecule has 0 aliphatic heterocycles. The first kappa shape index (κ1) is 24.7. The van der Waals surface area contributed by atoms with Gasteiger partial charge in [0, 0.05) is 19.1 Å². The Kier molecular flexibility index (Phi) is 7.65. The van der Waals surface area contributed by atoms with E-state index in [1.54, 1.807) is 19.9 Å². The molecule has 0 unspecified atom stereocenters. The molecule has 1 aliphatic rings. The highest BCUT2D eigenvalue weighted by molar-refractivity contribution is 7.90. The third-order valence-electron chi connectivity index (χ3n) is 5.56. The second-order valence-corrected chi connectivity index (χ2v) is 10.8. The predicted molar refractivity (Wildman–Crippen MR) is 118 cm³/mol. The number of rotatable bonds is 9. The van der Waals surface area contributed by atoms with Gasteiger partial charge in [-0.15, -0.1) is 0 Å². The summed E-state index contributed by atoms with van der Waals surface area (Å²) in [5.74, 6) is 0. The Morgan fingerprint density at radius 3 is 2.38 bits per heavy atom. The van der Waals surface area contributed by atoms with Crippen LogP contribution in [0.15, 0.2) is 36.4 Å². The van der Waals surface area contributed by atoms with Crippen molar-refractivity contribution < 1.29 is 26.7 Å². The van der Waals surface area contributed by atoms with Crippen molar-refractivity contribution in [1.82, 2.24) is 10.0 Å². The van der Waals surface area contributed by atoms with Crippen molar-refractivity contribution in [2.45, 2.75) is 57.1 Å². The molecular formula is C23H29F3N2O3S. The standard InChI is InChI=1S/C23H29F3N2O3S/c1-15(2)32(30,31)28-22-12-19-4-3-16(9-20(19)13-22)7-17-8-18(14-27-5-6-29)11-21(10-17)23(24,25)26/h3-4,8-11,15,22,27-29H,5-7,12-14H2,1-2H3/t22-/m0/s1. The maximum absolute atomic E-state index is 13.4. The van der Waals surface area contributed by atoms with Crippen molar-refractivity contribution in [3.8, 4) is 0 Å². The van der Waals surface area contributed by atoms with E-state index in [4.69, 9.17) is 5.11 Å². The molecule has 2 aromatic rings. The molecule has 0 spiro atoms. The zero-order valence-electron chi connectivity index (χ0n) is 18.2. The summed E-state index contributed by atoms with van der Waals surface area (Å²) in [5, 5.41) is 11.3. The average Bonchev–Trinajstić information content (AvgIpc) is 3.08. The molecule has 0 heterocycles. The van der Waals surface area contributed by atoms with Gasteiger partial charge in [-0.05, 0) is 73.1 Å². The minimum absolute atomic E-state index is 0.0880. The Hall–Kier alpha value is -1.94. The summed E-state index contributed by atoms with van der Waals surface area (Å²) in [6.07, 6.45) is -2.94. The molecule has 3 N–H and O–H groups in total. The molecule has 1 aliphatic carbocycles. The number of nitrogens with one attached hydrogen (secondary N) is 2. The van der Waals surface area contributed by atoms with Crippen LogP contribution in [0.5, 0.6) is 0 Å². The van der Waals surface area contributed by atoms with E-state index in [0.29, 0.717) is 36.9 Å². The number of benzene rings is 2. The van der Waals surface area contributed by atoms with Gasteiger partial charge in [-0.3, -0.25) is 0 Å². The van der Waals surface area contributed by atoms with Crippen LogP contribution in [0, 0.1) is 0 Å². The Labute approximate surface area is 187 Å². The van der Waals surface area contributed by atoms with E-state index in [1.807, 2.05) is 18.2 Å². The molecule has 0 saturated heterocycles. The van der Waals surface area contributed by atoms with Gasteiger partial charge in [-0.1, -0.05) is 24.3 Å². The maximum Gasteiger partial charge on any atom is 0.416 e. The van der Waals surface area contributed by atoms with Gasteiger partial charge < -0.3 is 10.4 Å². The molecule has 0 radical (unpaired) electrons. The fraction of sp³-hybridized carbons (Fsp3) is 0.478. The molecule has 5 nitrogen and oxygen atoms in total. The summed E-state index contributed by atoms with van der Waals surface area (Å²) < 4.78 is 67.2. The smallest absolute Gasteiger partial charge is 0.395 e. The lowest BCUT2D eigenvalue weighted by atomic mass is 9.97. The zero-order valence-corrected chi connectivity index (χ0v) is 19.0. The molecule has 32 heavy (non-hydrogen) atoms. The molecule has 9 heteroatoms. The van der Waals surface area contributed by atoms with E-state index in [-0.39, 0.29) is 19.2 Å². The zero-order chi connectivity index (χ0) is 23.5. The summed E-state index contributed by atoms with van der Waals surface area (Å²) in [6.45, 7) is 3.71. The lowest BCUT2D eigenvalue weighted by Gasteiger charge is -2.14. The number of aliphatic hydroxyl groups is 1. The molecule has 2 aromatic carbocycles. The van der Waals surface area contributed by atoms with Crippen LogP contribution in [0.1, 0.15) is 47.2 Å². The third kappa shape index (κ3) is 6.31. The summed E-state index contributed by atoms with van der Waals surface area (Å²) >= 11 is 0. The molecule has 1 atom stereocenters. The number of hydrogen-bond acceptors (Lipinski definition) is 4. The number of aliphatic hydroxyl groups excluding tert-OH is 1. The Morgan fingerprint density at radius 1 is 1.03 bits per heavy atom. The van der Waals surface area contributed by atoms with E-state index in [1.165, 1.54) is 6.07 Å². The minimum Gasteiger partial charge on any atom is -0.395 e. The second kappa shape index (κ2) is 9.91. The molecule has 0 fully saturated rings. The summed E-state index contributed by atoms with van der Waals surface area (Å²) in [4.78, 5) is 0. The van der Waals surface area contributed by atoms with Gasteiger partial charge in [-0.2, -0.15) is 13.2 Å². The second-order valence-electron chi connectivity index (χ2n) is 8.53. The third-order valence-corrected chi connectivity index (χ3v) is 7.46. The van der Waals surface area contributed by atoms with Gasteiger partial charge in [0.1, 0.15) is 0 Å². The quantitative estimate of drug-likeness (QED) is 0.492. The Morgan fingerprint density at radius 2 is 1.72 bits per heavy atom. The highest BCUT2D eigenvalue weighted by Gasteiger charge is 2.31. The molecule has 0 saturated carbocycles. The summed E-state index contributed by atoms with van der Waals surface area (Å²) in [5.41, 5.74) is 3.33. The molecule has 0 bridgehead atoms. The van der Waals surface area contributed by atoms with Crippen LogP contribution < -0.4 is 10.0 Å². The largest absolute Gasteiger partial charge is 0.416 e. The normalized spacial score (nSPS) is 16.5. The van der Waals surface area contributed by atoms with Gasteiger partial charge in [0.15, 0.2) is 0 Å². The van der Waals surface area contributed by atoms with E-state index in [0.717, 1.165) is 22.8 Å². The first-order valence-corrected chi connectivity index (χ1v) is 12.2. The number of halogens is 3. The van der Waals surface area contributed by atoms with Crippen LogP contribution in [0.2, 0.25) is 0 Å². The molecule has 3 rings (SSSR count). The number of alkyl halides is 3. The van der Waals surface area contributed by atoms with Crippen LogP contribution in [0.25, 0.3) is 0 Å². The highest BCUT2D eigenvalue weighted by atomic mass is 32.2. The molecule has 176 valence electrons. The van der Waals surface area contributed by atoms with Crippen molar-refractivity contribution in [1.29, 1.82) is 0 Å². The van der Waals surface area contributed by atoms with Crippen LogP contribution >= 0.6 is 0 Å². The molecular weight excluding hydrogens is 441 g/mol. The summed E-state index contributed by atoms with van der Waals surface area (Å²) in [7, 11) is -3.37. The van der Waals surface area contributed by atoms with Crippen molar-refractivity contribution in [3.05, 3.63) is 69.8 Å². The first-order chi connectivity index (χ1) is 15.0. The van der Waals surface area contributed by atoms with Crippen LogP contribution in [-0.2, 0) is 42.0 Å². The molecule has 0 amide bonds. The minimum atomic E-state index is -4.44. The fourth-order valence-electron chi connectivity index (χ4n) is 3.91. The average molecular weight is 471 g/mol. The number of fused-ring (bicyclic) bond motifs is 1. The maximum atomic E-state index is 13.4. The van der Waals surface area contributed by atoms with Gasteiger partial charge in [-0.25, -0.2) is 13.1 Å². The monoisotopic (exact) mass is 470 g/mol. The van der Waals surface area contributed by atoms with Crippen LogP contribution in [0.4, 0.5) is 13.2 Å². The van der Waals surface area contributed by atoms with E-state index in [2.05, 4.69) is 10.0 Å². The van der Waals surface area contributed by atoms with E-state index < -0.39 is 27.0 Å². The van der Waals surface area contributed by atoms with Gasteiger partial charge in [0.2, 0.25) is 10.0 Å². The van der Waals surface area contributed by atoms with Crippen molar-refractivity contribution in [3.63, 3.8) is 0 Å². The van der Waals surface area contributed by atoms with Gasteiger partial charge >= 0.3 is 6.18 Å². The lowest BCUT2D eigenvalue weighted by Crippen LogP contribution is -2.39. The highest BCUT2D eigenvalue weighted by Crippen LogP contribution is 2.32. The van der Waals surface area contributed by atoms with Crippen molar-refractivity contribution >= 4 is 10.0 Å².